The molecule has 0 aromatic carbocycles. The third-order valence-corrected chi connectivity index (χ3v) is 5.45. The van der Waals surface area contributed by atoms with Crippen LogP contribution in [-0.2, 0) is 9.53 Å². The summed E-state index contributed by atoms with van der Waals surface area (Å²) in [5.74, 6) is 0.0722. The smallest absolute Gasteiger partial charge is 0.309 e. The Hall–Kier alpha value is -0.530. The molecule has 104 valence electrons. The van der Waals surface area contributed by atoms with Crippen molar-refractivity contribution in [2.45, 2.75) is 84.2 Å². The summed E-state index contributed by atoms with van der Waals surface area (Å²) in [6.45, 7) is 6.21. The van der Waals surface area contributed by atoms with Crippen molar-refractivity contribution in [2.24, 2.45) is 11.3 Å². The Kier molecular flexibility index (Phi) is 4.03. The second kappa shape index (κ2) is 5.22. The zero-order chi connectivity index (χ0) is 13.2. The van der Waals surface area contributed by atoms with E-state index in [9.17, 15) is 4.79 Å². The molecule has 2 aliphatic carbocycles. The van der Waals surface area contributed by atoms with Gasteiger partial charge in [0, 0.05) is 0 Å². The van der Waals surface area contributed by atoms with E-state index in [1.807, 2.05) is 6.92 Å². The number of hydrogen-bond acceptors (Lipinski definition) is 2. The number of esters is 1. The molecule has 0 radical (unpaired) electrons. The monoisotopic (exact) mass is 252 g/mol. The van der Waals surface area contributed by atoms with E-state index in [1.165, 1.54) is 32.1 Å². The lowest BCUT2D eigenvalue weighted by molar-refractivity contribution is -0.165. The second-order valence-corrected chi connectivity index (χ2v) is 6.65. The van der Waals surface area contributed by atoms with Gasteiger partial charge in [0.05, 0.1) is 5.92 Å². The van der Waals surface area contributed by atoms with Crippen molar-refractivity contribution < 1.29 is 9.53 Å². The molecule has 0 amide bonds. The minimum Gasteiger partial charge on any atom is -0.459 e. The van der Waals surface area contributed by atoms with E-state index in [-0.39, 0.29) is 17.5 Å². The van der Waals surface area contributed by atoms with Gasteiger partial charge in [-0.05, 0) is 50.4 Å². The van der Waals surface area contributed by atoms with Crippen LogP contribution >= 0.6 is 0 Å². The highest BCUT2D eigenvalue weighted by atomic mass is 16.6. The molecule has 0 saturated heterocycles. The van der Waals surface area contributed by atoms with Crippen molar-refractivity contribution in [2.75, 3.05) is 0 Å². The Morgan fingerprint density at radius 3 is 2.39 bits per heavy atom. The van der Waals surface area contributed by atoms with Crippen molar-refractivity contribution in [3.63, 3.8) is 0 Å². The number of carbonyl (C=O) groups excluding carboxylic acids is 1. The highest BCUT2D eigenvalue weighted by molar-refractivity contribution is 5.72. The van der Waals surface area contributed by atoms with Gasteiger partial charge in [-0.3, -0.25) is 4.79 Å². The molecule has 2 atom stereocenters. The Labute approximate surface area is 111 Å². The molecule has 1 spiro atoms. The minimum atomic E-state index is -0.134. The van der Waals surface area contributed by atoms with Crippen molar-refractivity contribution >= 4 is 5.97 Å². The van der Waals surface area contributed by atoms with Gasteiger partial charge in [0.25, 0.3) is 0 Å². The summed E-state index contributed by atoms with van der Waals surface area (Å²) in [6, 6.07) is 0. The molecule has 0 N–H and O–H groups in total. The normalized spacial score (nSPS) is 31.7. The predicted molar refractivity (Wildman–Crippen MR) is 73.3 cm³/mol. The Morgan fingerprint density at radius 1 is 1.17 bits per heavy atom. The molecule has 2 rings (SSSR count). The number of carbonyl (C=O) groups is 1. The summed E-state index contributed by atoms with van der Waals surface area (Å²) in [4.78, 5) is 12.1. The van der Waals surface area contributed by atoms with Gasteiger partial charge >= 0.3 is 5.97 Å². The summed E-state index contributed by atoms with van der Waals surface area (Å²) >= 11 is 0. The van der Waals surface area contributed by atoms with Gasteiger partial charge in [0.1, 0.15) is 5.60 Å². The molecule has 2 saturated carbocycles. The van der Waals surface area contributed by atoms with Crippen molar-refractivity contribution in [1.29, 1.82) is 0 Å². The SMILES string of the molecule is CCC(C)C(=O)OC1(CC)CCC2(CCCC2)C1. The summed E-state index contributed by atoms with van der Waals surface area (Å²) in [6.07, 6.45) is 10.8. The van der Waals surface area contributed by atoms with Crippen LogP contribution in [0.4, 0.5) is 0 Å². The van der Waals surface area contributed by atoms with Gasteiger partial charge in [-0.25, -0.2) is 0 Å². The maximum Gasteiger partial charge on any atom is 0.309 e. The maximum atomic E-state index is 12.1. The quantitative estimate of drug-likeness (QED) is 0.690. The zero-order valence-electron chi connectivity index (χ0n) is 12.3. The third-order valence-electron chi connectivity index (χ3n) is 5.45. The summed E-state index contributed by atoms with van der Waals surface area (Å²) in [7, 11) is 0. The summed E-state index contributed by atoms with van der Waals surface area (Å²) in [5.41, 5.74) is 0.386. The van der Waals surface area contributed by atoms with E-state index in [4.69, 9.17) is 4.74 Å². The van der Waals surface area contributed by atoms with Crippen molar-refractivity contribution in [1.82, 2.24) is 0 Å². The maximum absolute atomic E-state index is 12.1. The molecule has 0 aromatic rings. The Morgan fingerprint density at radius 2 is 1.83 bits per heavy atom. The predicted octanol–water partition coefficient (Wildman–Crippen LogP) is 4.47. The van der Waals surface area contributed by atoms with Crippen LogP contribution < -0.4 is 0 Å². The molecule has 2 unspecified atom stereocenters. The fraction of sp³-hybridized carbons (Fsp3) is 0.938. The first-order chi connectivity index (χ1) is 8.55. The third kappa shape index (κ3) is 2.57. The first kappa shape index (κ1) is 13.9. The number of rotatable bonds is 4. The number of hydrogen-bond donors (Lipinski definition) is 0. The zero-order valence-corrected chi connectivity index (χ0v) is 12.3. The van der Waals surface area contributed by atoms with Crippen LogP contribution in [0.2, 0.25) is 0 Å². The lowest BCUT2D eigenvalue weighted by Crippen LogP contribution is -2.35. The molecule has 2 nitrogen and oxygen atoms in total. The van der Waals surface area contributed by atoms with Crippen molar-refractivity contribution in [3.8, 4) is 0 Å². The van der Waals surface area contributed by atoms with E-state index in [1.54, 1.807) is 0 Å². The lowest BCUT2D eigenvalue weighted by atomic mass is 9.82. The minimum absolute atomic E-state index is 0.0226. The van der Waals surface area contributed by atoms with Crippen LogP contribution in [0.5, 0.6) is 0 Å². The molecular weight excluding hydrogens is 224 g/mol. The molecule has 0 bridgehead atoms. The molecule has 2 fully saturated rings. The highest BCUT2D eigenvalue weighted by Gasteiger charge is 2.50. The molecule has 0 aromatic heterocycles. The van der Waals surface area contributed by atoms with E-state index < -0.39 is 0 Å². The van der Waals surface area contributed by atoms with Gasteiger partial charge in [-0.1, -0.05) is 33.6 Å². The average Bonchev–Trinajstić information content (AvgIpc) is 2.97. The first-order valence-corrected chi connectivity index (χ1v) is 7.78. The van der Waals surface area contributed by atoms with Gasteiger partial charge < -0.3 is 4.74 Å². The fourth-order valence-electron chi connectivity index (χ4n) is 3.85. The van der Waals surface area contributed by atoms with Gasteiger partial charge in [0.2, 0.25) is 0 Å². The average molecular weight is 252 g/mol. The largest absolute Gasteiger partial charge is 0.459 e. The summed E-state index contributed by atoms with van der Waals surface area (Å²) in [5, 5.41) is 0. The Bertz CT molecular complexity index is 304. The fourth-order valence-corrected chi connectivity index (χ4v) is 3.85. The second-order valence-electron chi connectivity index (χ2n) is 6.65. The topological polar surface area (TPSA) is 26.3 Å². The van der Waals surface area contributed by atoms with Gasteiger partial charge in [-0.2, -0.15) is 0 Å². The van der Waals surface area contributed by atoms with E-state index in [0.717, 1.165) is 25.7 Å². The van der Waals surface area contributed by atoms with Gasteiger partial charge in [-0.15, -0.1) is 0 Å². The lowest BCUT2D eigenvalue weighted by Gasteiger charge is -2.32. The molecule has 0 heterocycles. The van der Waals surface area contributed by atoms with Gasteiger partial charge in [0.15, 0.2) is 0 Å². The molecular formula is C16H28O2. The van der Waals surface area contributed by atoms with Crippen LogP contribution in [0.3, 0.4) is 0 Å². The van der Waals surface area contributed by atoms with E-state index in [0.29, 0.717) is 5.41 Å². The van der Waals surface area contributed by atoms with E-state index in [2.05, 4.69) is 13.8 Å². The number of ether oxygens (including phenoxy) is 1. The van der Waals surface area contributed by atoms with E-state index >= 15 is 0 Å². The van der Waals surface area contributed by atoms with Crippen LogP contribution in [0, 0.1) is 11.3 Å². The summed E-state index contributed by atoms with van der Waals surface area (Å²) < 4.78 is 5.95. The van der Waals surface area contributed by atoms with Crippen molar-refractivity contribution in [3.05, 3.63) is 0 Å². The molecule has 2 heteroatoms. The Balaban J connectivity index is 2.02. The molecule has 18 heavy (non-hydrogen) atoms. The first-order valence-electron chi connectivity index (χ1n) is 7.78. The van der Waals surface area contributed by atoms with Crippen LogP contribution in [0.15, 0.2) is 0 Å². The van der Waals surface area contributed by atoms with Crippen LogP contribution in [0.1, 0.15) is 78.6 Å². The molecule has 0 aliphatic heterocycles. The van der Waals surface area contributed by atoms with Crippen LogP contribution in [0.25, 0.3) is 0 Å². The highest BCUT2D eigenvalue weighted by Crippen LogP contribution is 2.56. The van der Waals surface area contributed by atoms with Crippen LogP contribution in [-0.4, -0.2) is 11.6 Å². The standard InChI is InChI=1S/C16H28O2/c1-4-13(3)14(17)18-16(5-2)11-10-15(12-16)8-6-7-9-15/h13H,4-12H2,1-3H3. The molecule has 2 aliphatic rings.